The second-order valence-corrected chi connectivity index (χ2v) is 3.97. The van der Waals surface area contributed by atoms with Crippen LogP contribution < -0.4 is 11.1 Å². The average molecular weight is 246 g/mol. The van der Waals surface area contributed by atoms with E-state index < -0.39 is 0 Å². The molecule has 0 radical (unpaired) electrons. The highest BCUT2D eigenvalue weighted by atomic mass is 16.1. The van der Waals surface area contributed by atoms with E-state index in [0.29, 0.717) is 24.5 Å². The van der Waals surface area contributed by atoms with Gasteiger partial charge in [0.05, 0.1) is 0 Å². The van der Waals surface area contributed by atoms with Crippen molar-refractivity contribution in [2.45, 2.75) is 25.7 Å². The fourth-order valence-electron chi connectivity index (χ4n) is 1.66. The zero-order chi connectivity index (χ0) is 12.8. The molecule has 18 heavy (non-hydrogen) atoms. The second kappa shape index (κ2) is 5.90. The number of aromatic nitrogens is 4. The van der Waals surface area contributed by atoms with Crippen molar-refractivity contribution in [2.24, 2.45) is 0 Å². The SMILES string of the molecule is O=c1ccnc(CCCCc2nccc(=O)[nH]2)[nH]1. The molecule has 6 nitrogen and oxygen atoms in total. The van der Waals surface area contributed by atoms with E-state index in [-0.39, 0.29) is 11.1 Å². The zero-order valence-corrected chi connectivity index (χ0v) is 9.85. The van der Waals surface area contributed by atoms with Crippen molar-refractivity contribution in [3.05, 3.63) is 56.9 Å². The second-order valence-electron chi connectivity index (χ2n) is 3.97. The third-order valence-corrected chi connectivity index (χ3v) is 2.52. The van der Waals surface area contributed by atoms with Crippen molar-refractivity contribution in [3.8, 4) is 0 Å². The zero-order valence-electron chi connectivity index (χ0n) is 9.85. The summed E-state index contributed by atoms with van der Waals surface area (Å²) >= 11 is 0. The lowest BCUT2D eigenvalue weighted by Gasteiger charge is -2.00. The van der Waals surface area contributed by atoms with E-state index in [1.807, 2.05) is 0 Å². The number of hydrogen-bond acceptors (Lipinski definition) is 4. The largest absolute Gasteiger partial charge is 0.311 e. The van der Waals surface area contributed by atoms with Crippen LogP contribution in [-0.4, -0.2) is 19.9 Å². The molecule has 6 heteroatoms. The third kappa shape index (κ3) is 3.65. The summed E-state index contributed by atoms with van der Waals surface area (Å²) in [6.07, 6.45) is 6.20. The third-order valence-electron chi connectivity index (χ3n) is 2.52. The van der Waals surface area contributed by atoms with Crippen LogP contribution in [0.1, 0.15) is 24.5 Å². The van der Waals surface area contributed by atoms with E-state index in [2.05, 4.69) is 19.9 Å². The molecule has 0 aliphatic rings. The molecule has 94 valence electrons. The lowest BCUT2D eigenvalue weighted by Crippen LogP contribution is -2.10. The molecule has 2 aromatic rings. The molecule has 0 unspecified atom stereocenters. The van der Waals surface area contributed by atoms with Crippen LogP contribution in [0.2, 0.25) is 0 Å². The highest BCUT2D eigenvalue weighted by molar-refractivity contribution is 4.91. The summed E-state index contributed by atoms with van der Waals surface area (Å²) in [5.74, 6) is 1.38. The maximum absolute atomic E-state index is 11.0. The van der Waals surface area contributed by atoms with Gasteiger partial charge in [-0.2, -0.15) is 0 Å². The Morgan fingerprint density at radius 2 is 1.28 bits per heavy atom. The Hall–Kier alpha value is -2.24. The monoisotopic (exact) mass is 246 g/mol. The number of hydrogen-bond donors (Lipinski definition) is 2. The van der Waals surface area contributed by atoms with Gasteiger partial charge in [-0.25, -0.2) is 9.97 Å². The topological polar surface area (TPSA) is 91.5 Å². The molecule has 2 N–H and O–H groups in total. The van der Waals surface area contributed by atoms with Crippen molar-refractivity contribution in [2.75, 3.05) is 0 Å². The Morgan fingerprint density at radius 1 is 0.833 bits per heavy atom. The molecule has 0 fully saturated rings. The standard InChI is InChI=1S/C12H14N4O2/c17-11-5-7-13-9(15-11)3-1-2-4-10-14-8-6-12(18)16-10/h5-8H,1-4H2,(H,13,15,17)(H,14,16,18). The molecule has 2 rings (SSSR count). The van der Waals surface area contributed by atoms with Gasteiger partial charge < -0.3 is 9.97 Å². The summed E-state index contributed by atoms with van der Waals surface area (Å²) in [7, 11) is 0. The molecule has 0 amide bonds. The molecule has 0 saturated heterocycles. The minimum absolute atomic E-state index is 0.131. The van der Waals surface area contributed by atoms with Crippen molar-refractivity contribution in [3.63, 3.8) is 0 Å². The first-order chi connectivity index (χ1) is 8.74. The summed E-state index contributed by atoms with van der Waals surface area (Å²) in [6.45, 7) is 0. The minimum atomic E-state index is -0.131. The van der Waals surface area contributed by atoms with Crippen molar-refractivity contribution in [1.29, 1.82) is 0 Å². The van der Waals surface area contributed by atoms with Crippen molar-refractivity contribution >= 4 is 0 Å². The quantitative estimate of drug-likeness (QED) is 0.748. The number of nitrogens with one attached hydrogen (secondary N) is 2. The van der Waals surface area contributed by atoms with Crippen LogP contribution in [0, 0.1) is 0 Å². The lowest BCUT2D eigenvalue weighted by molar-refractivity contribution is 0.682. The van der Waals surface area contributed by atoms with Gasteiger partial charge in [0, 0.05) is 37.4 Å². The summed E-state index contributed by atoms with van der Waals surface area (Å²) in [5.41, 5.74) is -0.261. The average Bonchev–Trinajstić information content (AvgIpc) is 2.35. The van der Waals surface area contributed by atoms with E-state index >= 15 is 0 Å². The van der Waals surface area contributed by atoms with Crippen molar-refractivity contribution < 1.29 is 0 Å². The van der Waals surface area contributed by atoms with Gasteiger partial charge in [-0.1, -0.05) is 0 Å². The van der Waals surface area contributed by atoms with E-state index in [1.165, 1.54) is 24.5 Å². The van der Waals surface area contributed by atoms with E-state index in [1.54, 1.807) is 0 Å². The van der Waals surface area contributed by atoms with Crippen LogP contribution >= 0.6 is 0 Å². The molecule has 2 heterocycles. The maximum Gasteiger partial charge on any atom is 0.250 e. The summed E-state index contributed by atoms with van der Waals surface area (Å²) < 4.78 is 0. The molecule has 2 aromatic heterocycles. The molecule has 0 bridgehead atoms. The van der Waals surface area contributed by atoms with E-state index in [0.717, 1.165) is 12.8 Å². The fraction of sp³-hybridized carbons (Fsp3) is 0.333. The molecule has 0 aromatic carbocycles. The molecule has 0 saturated carbocycles. The van der Waals surface area contributed by atoms with Gasteiger partial charge >= 0.3 is 0 Å². The Balaban J connectivity index is 1.80. The van der Waals surface area contributed by atoms with Crippen LogP contribution in [0.4, 0.5) is 0 Å². The molecular formula is C12H14N4O2. The van der Waals surface area contributed by atoms with Gasteiger partial charge in [0.25, 0.3) is 11.1 Å². The van der Waals surface area contributed by atoms with Crippen LogP contribution in [0.5, 0.6) is 0 Å². The number of aromatic amines is 2. The fourth-order valence-corrected chi connectivity index (χ4v) is 1.66. The predicted molar refractivity (Wildman–Crippen MR) is 66.4 cm³/mol. The summed E-state index contributed by atoms with van der Waals surface area (Å²) in [6, 6.07) is 2.78. The molecule has 0 spiro atoms. The smallest absolute Gasteiger partial charge is 0.250 e. The molecular weight excluding hydrogens is 232 g/mol. The summed E-state index contributed by atoms with van der Waals surface area (Å²) in [4.78, 5) is 35.6. The Morgan fingerprint density at radius 3 is 1.67 bits per heavy atom. The molecule has 0 aliphatic heterocycles. The van der Waals surface area contributed by atoms with Crippen LogP contribution in [-0.2, 0) is 12.8 Å². The van der Waals surface area contributed by atoms with Gasteiger partial charge in [0.1, 0.15) is 11.6 Å². The van der Waals surface area contributed by atoms with E-state index in [9.17, 15) is 9.59 Å². The van der Waals surface area contributed by atoms with Crippen LogP contribution in [0.25, 0.3) is 0 Å². The summed E-state index contributed by atoms with van der Waals surface area (Å²) in [5, 5.41) is 0. The number of nitrogens with zero attached hydrogens (tertiary/aromatic N) is 2. The maximum atomic E-state index is 11.0. The number of rotatable bonds is 5. The number of H-pyrrole nitrogens is 2. The number of aryl methyl sites for hydroxylation is 2. The van der Waals surface area contributed by atoms with Gasteiger partial charge in [-0.3, -0.25) is 9.59 Å². The van der Waals surface area contributed by atoms with Gasteiger partial charge in [0.15, 0.2) is 0 Å². The Bertz CT molecular complexity index is 562. The molecule has 0 atom stereocenters. The Kier molecular flexibility index (Phi) is 4.01. The highest BCUT2D eigenvalue weighted by Gasteiger charge is 1.98. The first-order valence-corrected chi connectivity index (χ1v) is 5.82. The Labute approximate surface area is 103 Å². The van der Waals surface area contributed by atoms with E-state index in [4.69, 9.17) is 0 Å². The van der Waals surface area contributed by atoms with Crippen LogP contribution in [0.3, 0.4) is 0 Å². The lowest BCUT2D eigenvalue weighted by atomic mass is 10.2. The van der Waals surface area contributed by atoms with Gasteiger partial charge in [0.2, 0.25) is 0 Å². The first-order valence-electron chi connectivity index (χ1n) is 5.82. The molecule has 0 aliphatic carbocycles. The number of unbranched alkanes of at least 4 members (excludes halogenated alkanes) is 1. The van der Waals surface area contributed by atoms with Crippen molar-refractivity contribution in [1.82, 2.24) is 19.9 Å². The highest BCUT2D eigenvalue weighted by Crippen LogP contribution is 2.01. The first kappa shape index (κ1) is 12.2. The normalized spacial score (nSPS) is 10.4. The van der Waals surface area contributed by atoms with Gasteiger partial charge in [-0.15, -0.1) is 0 Å². The van der Waals surface area contributed by atoms with Crippen LogP contribution in [0.15, 0.2) is 34.1 Å². The predicted octanol–water partition coefficient (Wildman–Crippen LogP) is 0.419. The van der Waals surface area contributed by atoms with Gasteiger partial charge in [-0.05, 0) is 12.8 Å². The minimum Gasteiger partial charge on any atom is -0.311 e.